The summed E-state index contributed by atoms with van der Waals surface area (Å²) >= 11 is 0. The average molecular weight is 269 g/mol. The highest BCUT2D eigenvalue weighted by Crippen LogP contribution is 2.29. The first-order chi connectivity index (χ1) is 8.44. The van der Waals surface area contributed by atoms with Gasteiger partial charge in [-0.1, -0.05) is 0 Å². The van der Waals surface area contributed by atoms with Crippen LogP contribution in [0.1, 0.15) is 6.92 Å². The number of sulfone groups is 1. The Kier molecular flexibility index (Phi) is 4.56. The predicted molar refractivity (Wildman–Crippen MR) is 66.4 cm³/mol. The Morgan fingerprint density at radius 2 is 2.00 bits per heavy atom. The predicted octanol–water partition coefficient (Wildman–Crippen LogP) is 1.64. The lowest BCUT2D eigenvalue weighted by Gasteiger charge is -2.11. The molecule has 0 N–H and O–H groups in total. The Bertz CT molecular complexity index is 560. The standard InChI is InChI=1S/C12H15NO4S/c1-9(7-13)8-18(14,15)12-5-4-10(16-2)6-11(12)17-3/h4-6,9H,8H2,1-3H3. The SMILES string of the molecule is COc1ccc(S(=O)(=O)CC(C)C#N)c(OC)c1. The van der Waals surface area contributed by atoms with Gasteiger partial charge in [0, 0.05) is 6.07 Å². The highest BCUT2D eigenvalue weighted by Gasteiger charge is 2.22. The van der Waals surface area contributed by atoms with Crippen LogP contribution in [0.3, 0.4) is 0 Å². The van der Waals surface area contributed by atoms with E-state index in [9.17, 15) is 8.42 Å². The second-order valence-electron chi connectivity index (χ2n) is 3.83. The molecule has 6 heteroatoms. The molecule has 0 saturated heterocycles. The van der Waals surface area contributed by atoms with Crippen molar-refractivity contribution >= 4 is 9.84 Å². The van der Waals surface area contributed by atoms with Gasteiger partial charge >= 0.3 is 0 Å². The van der Waals surface area contributed by atoms with Crippen molar-refractivity contribution in [3.63, 3.8) is 0 Å². The van der Waals surface area contributed by atoms with Crippen molar-refractivity contribution in [3.8, 4) is 17.6 Å². The van der Waals surface area contributed by atoms with Crippen LogP contribution in [0.2, 0.25) is 0 Å². The molecule has 98 valence electrons. The van der Waals surface area contributed by atoms with E-state index in [1.165, 1.54) is 26.4 Å². The molecule has 0 aromatic heterocycles. The molecule has 0 aliphatic rings. The van der Waals surface area contributed by atoms with Gasteiger partial charge in [-0.15, -0.1) is 0 Å². The van der Waals surface area contributed by atoms with Crippen LogP contribution in [0.15, 0.2) is 23.1 Å². The number of nitriles is 1. The summed E-state index contributed by atoms with van der Waals surface area (Å²) in [5.41, 5.74) is 0. The van der Waals surface area contributed by atoms with Crippen molar-refractivity contribution < 1.29 is 17.9 Å². The number of nitrogens with zero attached hydrogens (tertiary/aromatic N) is 1. The van der Waals surface area contributed by atoms with E-state index in [0.29, 0.717) is 5.75 Å². The zero-order valence-corrected chi connectivity index (χ0v) is 11.3. The van der Waals surface area contributed by atoms with Gasteiger partial charge in [0.1, 0.15) is 16.4 Å². The summed E-state index contributed by atoms with van der Waals surface area (Å²) < 4.78 is 34.3. The molecule has 1 unspecified atom stereocenters. The van der Waals surface area contributed by atoms with Gasteiger partial charge < -0.3 is 9.47 Å². The summed E-state index contributed by atoms with van der Waals surface area (Å²) in [6.45, 7) is 1.56. The summed E-state index contributed by atoms with van der Waals surface area (Å²) in [4.78, 5) is 0.0768. The van der Waals surface area contributed by atoms with Crippen LogP contribution < -0.4 is 9.47 Å². The van der Waals surface area contributed by atoms with Crippen molar-refractivity contribution in [2.45, 2.75) is 11.8 Å². The minimum Gasteiger partial charge on any atom is -0.497 e. The highest BCUT2D eigenvalue weighted by molar-refractivity contribution is 7.91. The molecule has 0 aliphatic heterocycles. The minimum atomic E-state index is -3.54. The van der Waals surface area contributed by atoms with Gasteiger partial charge in [0.05, 0.1) is 32.0 Å². The average Bonchev–Trinajstić information content (AvgIpc) is 2.37. The minimum absolute atomic E-state index is 0.0768. The van der Waals surface area contributed by atoms with E-state index in [1.807, 2.05) is 6.07 Å². The Hall–Kier alpha value is -1.74. The zero-order valence-electron chi connectivity index (χ0n) is 10.5. The molecule has 0 spiro atoms. The van der Waals surface area contributed by atoms with Gasteiger partial charge in [0.2, 0.25) is 0 Å². The number of benzene rings is 1. The lowest BCUT2D eigenvalue weighted by molar-refractivity contribution is 0.386. The Morgan fingerprint density at radius 1 is 1.33 bits per heavy atom. The van der Waals surface area contributed by atoms with Crippen molar-refractivity contribution in [1.29, 1.82) is 5.26 Å². The van der Waals surface area contributed by atoms with Gasteiger partial charge in [-0.2, -0.15) is 5.26 Å². The molecule has 0 heterocycles. The number of ether oxygens (including phenoxy) is 2. The van der Waals surface area contributed by atoms with E-state index in [-0.39, 0.29) is 16.4 Å². The van der Waals surface area contributed by atoms with Crippen LogP contribution in [-0.2, 0) is 9.84 Å². The molecule has 1 atom stereocenters. The number of hydrogen-bond acceptors (Lipinski definition) is 5. The van der Waals surface area contributed by atoms with Gasteiger partial charge in [-0.05, 0) is 19.1 Å². The van der Waals surface area contributed by atoms with Gasteiger partial charge in [-0.3, -0.25) is 0 Å². The van der Waals surface area contributed by atoms with Gasteiger partial charge in [-0.25, -0.2) is 8.42 Å². The monoisotopic (exact) mass is 269 g/mol. The Balaban J connectivity index is 3.20. The normalized spacial score (nSPS) is 12.6. The van der Waals surface area contributed by atoms with Crippen LogP contribution in [0.5, 0.6) is 11.5 Å². The molecular formula is C12H15NO4S. The second-order valence-corrected chi connectivity index (χ2v) is 5.83. The molecule has 0 bridgehead atoms. The lowest BCUT2D eigenvalue weighted by Crippen LogP contribution is -2.13. The maximum Gasteiger partial charge on any atom is 0.183 e. The first kappa shape index (κ1) is 14.3. The van der Waals surface area contributed by atoms with Crippen LogP contribution in [0, 0.1) is 17.2 Å². The fraction of sp³-hybridized carbons (Fsp3) is 0.417. The summed E-state index contributed by atoms with van der Waals surface area (Å²) in [5.74, 6) is -0.0629. The Morgan fingerprint density at radius 3 is 2.50 bits per heavy atom. The summed E-state index contributed by atoms with van der Waals surface area (Å²) in [5, 5.41) is 8.69. The van der Waals surface area contributed by atoms with Gasteiger partial charge in [0.15, 0.2) is 9.84 Å². The third-order valence-corrected chi connectivity index (χ3v) is 4.34. The first-order valence-corrected chi connectivity index (χ1v) is 6.94. The molecule has 1 rings (SSSR count). The van der Waals surface area contributed by atoms with E-state index in [2.05, 4.69) is 0 Å². The molecule has 0 radical (unpaired) electrons. The zero-order chi connectivity index (χ0) is 13.8. The molecule has 5 nitrogen and oxygen atoms in total. The molecule has 1 aromatic carbocycles. The highest BCUT2D eigenvalue weighted by atomic mass is 32.2. The number of rotatable bonds is 5. The number of methoxy groups -OCH3 is 2. The molecule has 0 aliphatic carbocycles. The summed E-state index contributed by atoms with van der Waals surface area (Å²) in [6.07, 6.45) is 0. The van der Waals surface area contributed by atoms with Crippen LogP contribution in [-0.4, -0.2) is 28.4 Å². The molecule has 1 aromatic rings. The summed E-state index contributed by atoms with van der Waals surface area (Å²) in [7, 11) is -0.665. The van der Waals surface area contributed by atoms with E-state index >= 15 is 0 Å². The van der Waals surface area contributed by atoms with Gasteiger partial charge in [0.25, 0.3) is 0 Å². The van der Waals surface area contributed by atoms with E-state index in [0.717, 1.165) is 0 Å². The molecule has 0 saturated carbocycles. The quantitative estimate of drug-likeness (QED) is 0.812. The third kappa shape index (κ3) is 3.14. The topological polar surface area (TPSA) is 76.4 Å². The van der Waals surface area contributed by atoms with Crippen molar-refractivity contribution in [2.75, 3.05) is 20.0 Å². The molecule has 18 heavy (non-hydrogen) atoms. The summed E-state index contributed by atoms with van der Waals surface area (Å²) in [6, 6.07) is 6.39. The largest absolute Gasteiger partial charge is 0.497 e. The molecular weight excluding hydrogens is 254 g/mol. The van der Waals surface area contributed by atoms with Crippen molar-refractivity contribution in [1.82, 2.24) is 0 Å². The Labute approximate surface area is 107 Å². The first-order valence-electron chi connectivity index (χ1n) is 5.29. The third-order valence-electron chi connectivity index (χ3n) is 2.40. The van der Waals surface area contributed by atoms with Crippen LogP contribution in [0.4, 0.5) is 0 Å². The van der Waals surface area contributed by atoms with Crippen LogP contribution in [0.25, 0.3) is 0 Å². The maximum atomic E-state index is 12.1. The number of hydrogen-bond donors (Lipinski definition) is 0. The van der Waals surface area contributed by atoms with E-state index in [1.54, 1.807) is 13.0 Å². The molecule has 0 amide bonds. The molecule has 0 fully saturated rings. The van der Waals surface area contributed by atoms with Crippen molar-refractivity contribution in [2.24, 2.45) is 5.92 Å². The lowest BCUT2D eigenvalue weighted by atomic mass is 10.3. The fourth-order valence-corrected chi connectivity index (χ4v) is 3.12. The smallest absolute Gasteiger partial charge is 0.183 e. The van der Waals surface area contributed by atoms with E-state index < -0.39 is 15.8 Å². The second kappa shape index (κ2) is 5.74. The van der Waals surface area contributed by atoms with Crippen molar-refractivity contribution in [3.05, 3.63) is 18.2 Å². The maximum absolute atomic E-state index is 12.1. The van der Waals surface area contributed by atoms with Crippen LogP contribution >= 0.6 is 0 Å². The fourth-order valence-electron chi connectivity index (χ4n) is 1.49. The van der Waals surface area contributed by atoms with E-state index in [4.69, 9.17) is 14.7 Å².